The van der Waals surface area contributed by atoms with Crippen LogP contribution in [0.15, 0.2) is 61.2 Å². The van der Waals surface area contributed by atoms with Gasteiger partial charge in [-0.15, -0.1) is 0 Å². The quantitative estimate of drug-likeness (QED) is 0.0413. The third-order valence-electron chi connectivity index (χ3n) is 9.75. The minimum Gasteiger partial charge on any atom is -0.469 e. The molecule has 65 heavy (non-hydrogen) atoms. The van der Waals surface area contributed by atoms with E-state index in [0.717, 1.165) is 43.6 Å². The van der Waals surface area contributed by atoms with Crippen LogP contribution in [0.3, 0.4) is 0 Å². The van der Waals surface area contributed by atoms with Gasteiger partial charge < -0.3 is 60.3 Å². The smallest absolute Gasteiger partial charge is 0.407 e. The number of fused-ring (bicyclic) bond motifs is 3. The summed E-state index contributed by atoms with van der Waals surface area (Å²) in [6.07, 6.45) is -1.59. The SMILES string of the molecule is C=CCOC(=O)C(CCC(=O)OC)NC(=O)C(COC)NC(=O)CNC(=O)C(CC(=O)OC)NC(=O)C(C)NC(=O)C(CC(=O)OC)NC(=O)OCC1c2ccccc2-c2ccccc21. The summed E-state index contributed by atoms with van der Waals surface area (Å²) in [6, 6.07) is 7.84. The number of carbonyl (C=O) groups is 10. The van der Waals surface area contributed by atoms with Gasteiger partial charge in [0.15, 0.2) is 0 Å². The van der Waals surface area contributed by atoms with E-state index in [-0.39, 0.29) is 32.0 Å². The summed E-state index contributed by atoms with van der Waals surface area (Å²) in [5.41, 5.74) is 3.86. The zero-order valence-corrected chi connectivity index (χ0v) is 36.6. The Morgan fingerprint density at radius 1 is 0.631 bits per heavy atom. The Kier molecular flexibility index (Phi) is 21.0. The lowest BCUT2D eigenvalue weighted by atomic mass is 9.98. The van der Waals surface area contributed by atoms with Gasteiger partial charge in [0.05, 0.1) is 47.3 Å². The molecule has 1 aliphatic carbocycles. The van der Waals surface area contributed by atoms with Gasteiger partial charge in [-0.25, -0.2) is 9.59 Å². The van der Waals surface area contributed by atoms with E-state index in [0.29, 0.717) is 0 Å². The Bertz CT molecular complexity index is 2030. The maximum Gasteiger partial charge on any atom is 0.407 e. The molecule has 2 aromatic rings. The van der Waals surface area contributed by atoms with Crippen molar-refractivity contribution in [1.29, 1.82) is 0 Å². The first-order valence-electron chi connectivity index (χ1n) is 20.1. The van der Waals surface area contributed by atoms with Crippen molar-refractivity contribution >= 4 is 59.5 Å². The molecule has 0 radical (unpaired) electrons. The monoisotopic (exact) mass is 910 g/mol. The van der Waals surface area contributed by atoms with Crippen LogP contribution in [0.5, 0.6) is 0 Å². The van der Waals surface area contributed by atoms with Crippen molar-refractivity contribution in [3.05, 3.63) is 72.3 Å². The van der Waals surface area contributed by atoms with Gasteiger partial charge in [0.25, 0.3) is 0 Å². The fraction of sp³-hybridized carbons (Fsp3) is 0.442. The van der Waals surface area contributed by atoms with Gasteiger partial charge in [-0.2, -0.15) is 0 Å². The summed E-state index contributed by atoms with van der Waals surface area (Å²) in [5, 5.41) is 13.9. The third kappa shape index (κ3) is 16.1. The van der Waals surface area contributed by atoms with E-state index in [1.165, 1.54) is 20.1 Å². The Morgan fingerprint density at radius 2 is 1.17 bits per heavy atom. The van der Waals surface area contributed by atoms with Crippen molar-refractivity contribution in [3.8, 4) is 11.1 Å². The lowest BCUT2D eigenvalue weighted by Crippen LogP contribution is -2.57. The first-order chi connectivity index (χ1) is 31.1. The zero-order valence-electron chi connectivity index (χ0n) is 36.6. The van der Waals surface area contributed by atoms with Gasteiger partial charge in [0.1, 0.15) is 43.4 Å². The number of nitrogens with one attached hydrogen (secondary N) is 6. The zero-order chi connectivity index (χ0) is 48.1. The topological polar surface area (TPSA) is 298 Å². The Labute approximate surface area is 374 Å². The number of methoxy groups -OCH3 is 4. The van der Waals surface area contributed by atoms with E-state index in [1.54, 1.807) is 0 Å². The normalized spacial score (nSPS) is 13.6. The lowest BCUT2D eigenvalue weighted by Gasteiger charge is -2.23. The number of carbonyl (C=O) groups excluding carboxylic acids is 10. The number of amides is 6. The van der Waals surface area contributed by atoms with Crippen molar-refractivity contribution < 1.29 is 76.4 Å². The first-order valence-corrected chi connectivity index (χ1v) is 20.1. The van der Waals surface area contributed by atoms with Crippen molar-refractivity contribution in [1.82, 2.24) is 31.9 Å². The van der Waals surface area contributed by atoms with Crippen molar-refractivity contribution in [2.75, 3.05) is 54.8 Å². The molecule has 6 amide bonds. The van der Waals surface area contributed by atoms with E-state index in [9.17, 15) is 47.9 Å². The summed E-state index contributed by atoms with van der Waals surface area (Å²) in [6.45, 7) is 3.18. The molecule has 5 unspecified atom stereocenters. The average molecular weight is 911 g/mol. The summed E-state index contributed by atoms with van der Waals surface area (Å²) in [4.78, 5) is 128. The molecule has 0 heterocycles. The fourth-order valence-corrected chi connectivity index (χ4v) is 6.39. The molecular formula is C43H54N6O16. The highest BCUT2D eigenvalue weighted by Crippen LogP contribution is 2.44. The van der Waals surface area contributed by atoms with Crippen molar-refractivity contribution in [2.45, 2.75) is 68.7 Å². The Balaban J connectivity index is 1.62. The second-order valence-corrected chi connectivity index (χ2v) is 14.3. The van der Waals surface area contributed by atoms with Crippen LogP contribution in [0, 0.1) is 0 Å². The second-order valence-electron chi connectivity index (χ2n) is 14.3. The van der Waals surface area contributed by atoms with Crippen molar-refractivity contribution in [3.63, 3.8) is 0 Å². The van der Waals surface area contributed by atoms with Crippen LogP contribution in [0.1, 0.15) is 49.7 Å². The molecule has 22 heteroatoms. The second kappa shape index (κ2) is 26.3. The predicted octanol–water partition coefficient (Wildman–Crippen LogP) is -0.576. The molecule has 0 fully saturated rings. The van der Waals surface area contributed by atoms with Crippen LogP contribution < -0.4 is 31.9 Å². The van der Waals surface area contributed by atoms with Gasteiger partial charge in [-0.3, -0.25) is 38.4 Å². The highest BCUT2D eigenvalue weighted by Gasteiger charge is 2.33. The van der Waals surface area contributed by atoms with Crippen LogP contribution in [-0.2, 0) is 71.6 Å². The van der Waals surface area contributed by atoms with Crippen LogP contribution in [0.4, 0.5) is 4.79 Å². The van der Waals surface area contributed by atoms with Gasteiger partial charge >= 0.3 is 30.0 Å². The molecule has 352 valence electrons. The Hall–Kier alpha value is -7.36. The maximum atomic E-state index is 13.4. The molecule has 0 bridgehead atoms. The number of hydrogen-bond acceptors (Lipinski definition) is 16. The maximum absolute atomic E-state index is 13.4. The number of ether oxygens (including phenoxy) is 6. The molecule has 6 N–H and O–H groups in total. The van der Waals surface area contributed by atoms with Crippen molar-refractivity contribution in [2.24, 2.45) is 0 Å². The van der Waals surface area contributed by atoms with E-state index < -0.39 is 116 Å². The van der Waals surface area contributed by atoms with Gasteiger partial charge in [0.2, 0.25) is 29.5 Å². The van der Waals surface area contributed by atoms with E-state index in [4.69, 9.17) is 14.2 Å². The average Bonchev–Trinajstić information content (AvgIpc) is 3.62. The van der Waals surface area contributed by atoms with E-state index in [1.807, 2.05) is 48.5 Å². The third-order valence-corrected chi connectivity index (χ3v) is 9.75. The van der Waals surface area contributed by atoms with Gasteiger partial charge in [0, 0.05) is 19.4 Å². The van der Waals surface area contributed by atoms with Gasteiger partial charge in [-0.05, 0) is 35.6 Å². The highest BCUT2D eigenvalue weighted by atomic mass is 16.6. The minimum atomic E-state index is -1.66. The van der Waals surface area contributed by atoms with Crippen LogP contribution in [0.25, 0.3) is 11.1 Å². The molecular weight excluding hydrogens is 856 g/mol. The van der Waals surface area contributed by atoms with Gasteiger partial charge in [-0.1, -0.05) is 61.2 Å². The van der Waals surface area contributed by atoms with E-state index >= 15 is 0 Å². The molecule has 5 atom stereocenters. The summed E-state index contributed by atoms with van der Waals surface area (Å²) >= 11 is 0. The molecule has 0 saturated carbocycles. The number of alkyl carbamates (subject to hydrolysis) is 1. The number of hydrogen-bond donors (Lipinski definition) is 6. The molecule has 0 aliphatic heterocycles. The van der Waals surface area contributed by atoms with Crippen LogP contribution >= 0.6 is 0 Å². The van der Waals surface area contributed by atoms with E-state index in [2.05, 4.69) is 52.7 Å². The summed E-state index contributed by atoms with van der Waals surface area (Å²) < 4.78 is 29.4. The largest absolute Gasteiger partial charge is 0.469 e. The molecule has 2 aromatic carbocycles. The summed E-state index contributed by atoms with van der Waals surface area (Å²) in [5.74, 6) is -8.60. The number of esters is 4. The molecule has 0 aromatic heterocycles. The molecule has 1 aliphatic rings. The molecule has 0 saturated heterocycles. The minimum absolute atomic E-state index is 0.103. The van der Waals surface area contributed by atoms with Crippen LogP contribution in [-0.4, -0.2) is 145 Å². The standard InChI is InChI=1S/C43H54N6O16/c1-7-18-64-42(58)30(16-17-35(51)61-4)47-41(57)33(23-60-3)46-34(50)21-44-39(55)31(19-36(52)62-5)48-38(54)24(2)45-40(56)32(20-37(53)63-6)49-43(59)65-22-29-27-14-10-8-12-25(27)26-13-9-11-15-28(26)29/h7-15,24,29-33H,1,16-23H2,2-6H3,(H,44,55)(H,45,56)(H,46,50)(H,47,57)(H,48,54)(H,49,59). The first kappa shape index (κ1) is 52.0. The lowest BCUT2D eigenvalue weighted by molar-refractivity contribution is -0.148. The predicted molar refractivity (Wildman–Crippen MR) is 226 cm³/mol. The summed E-state index contributed by atoms with van der Waals surface area (Å²) in [7, 11) is 4.47. The van der Waals surface area contributed by atoms with Crippen LogP contribution in [0.2, 0.25) is 0 Å². The molecule has 3 rings (SSSR count). The Morgan fingerprint density at radius 3 is 1.72 bits per heavy atom. The molecule has 22 nitrogen and oxygen atoms in total. The number of benzene rings is 2. The highest BCUT2D eigenvalue weighted by molar-refractivity contribution is 5.97. The fourth-order valence-electron chi connectivity index (χ4n) is 6.39. The number of rotatable bonds is 25. The molecule has 0 spiro atoms.